The highest BCUT2D eigenvalue weighted by molar-refractivity contribution is 9.11. The monoisotopic (exact) mass is 401 g/mol. The molecule has 2 atom stereocenters. The second kappa shape index (κ2) is 7.62. The Balaban J connectivity index is 2.13. The maximum Gasteiger partial charge on any atom is 0.148 e. The number of benzene rings is 1. The van der Waals surface area contributed by atoms with E-state index in [1.807, 2.05) is 0 Å². The Morgan fingerprint density at radius 1 is 1.35 bits per heavy atom. The van der Waals surface area contributed by atoms with Crippen LogP contribution < -0.4 is 10.5 Å². The minimum Gasteiger partial charge on any atom is -0.484 e. The zero-order valence-electron chi connectivity index (χ0n) is 11.7. The number of halogens is 2. The summed E-state index contributed by atoms with van der Waals surface area (Å²) in [6.45, 7) is 2.11. The van der Waals surface area contributed by atoms with E-state index in [2.05, 4.69) is 63.1 Å². The lowest BCUT2D eigenvalue weighted by Crippen LogP contribution is -2.21. The molecular weight excluding hydrogens is 382 g/mol. The van der Waals surface area contributed by atoms with Crippen LogP contribution in [-0.4, -0.2) is 12.1 Å². The lowest BCUT2D eigenvalue weighted by molar-refractivity contribution is 0.227. The molecule has 0 radical (unpaired) electrons. The molecule has 0 fully saturated rings. The quantitative estimate of drug-likeness (QED) is 0.705. The first-order valence-corrected chi connectivity index (χ1v) is 8.75. The van der Waals surface area contributed by atoms with Crippen molar-refractivity contribution < 1.29 is 4.74 Å². The van der Waals surface area contributed by atoms with Crippen molar-refractivity contribution in [1.82, 2.24) is 0 Å². The van der Waals surface area contributed by atoms with E-state index in [9.17, 15) is 0 Å². The summed E-state index contributed by atoms with van der Waals surface area (Å²) < 4.78 is 8.07. The molecule has 2 nitrogen and oxygen atoms in total. The van der Waals surface area contributed by atoms with Gasteiger partial charge in [0.25, 0.3) is 0 Å². The summed E-state index contributed by atoms with van der Waals surface area (Å²) in [7, 11) is 0. The van der Waals surface area contributed by atoms with Crippen LogP contribution in [0, 0.1) is 0 Å². The molecule has 20 heavy (non-hydrogen) atoms. The minimum atomic E-state index is 0.181. The van der Waals surface area contributed by atoms with Crippen LogP contribution in [0.2, 0.25) is 0 Å². The number of hydrogen-bond donors (Lipinski definition) is 1. The molecule has 0 aliphatic heterocycles. The molecule has 2 N–H and O–H groups in total. The molecule has 0 spiro atoms. The summed E-state index contributed by atoms with van der Waals surface area (Å²) >= 11 is 7.23. The molecule has 110 valence electrons. The highest BCUT2D eigenvalue weighted by Gasteiger charge is 2.16. The fourth-order valence-electron chi connectivity index (χ4n) is 2.32. The Morgan fingerprint density at radius 3 is 2.60 bits per heavy atom. The largest absolute Gasteiger partial charge is 0.484 e. The Bertz CT molecular complexity index is 464. The second-order valence-corrected chi connectivity index (χ2v) is 6.99. The van der Waals surface area contributed by atoms with Crippen molar-refractivity contribution in [3.8, 4) is 5.75 Å². The van der Waals surface area contributed by atoms with Gasteiger partial charge in [-0.3, -0.25) is 0 Å². The lowest BCUT2D eigenvalue weighted by atomic mass is 10.0. The molecule has 0 heterocycles. The molecule has 4 heteroatoms. The molecular formula is C16H21Br2NO. The first-order chi connectivity index (χ1) is 9.60. The Morgan fingerprint density at radius 2 is 2.05 bits per heavy atom. The van der Waals surface area contributed by atoms with Crippen LogP contribution in [0.5, 0.6) is 5.75 Å². The second-order valence-electron chi connectivity index (χ2n) is 5.28. The number of rotatable bonds is 5. The SMILES string of the molecule is CCC(N)Cc1cc(Br)c(OC2C=CCCC2)c(Br)c1. The minimum absolute atomic E-state index is 0.181. The van der Waals surface area contributed by atoms with Gasteiger partial charge in [-0.1, -0.05) is 13.0 Å². The van der Waals surface area contributed by atoms with E-state index in [0.29, 0.717) is 0 Å². The van der Waals surface area contributed by atoms with Gasteiger partial charge >= 0.3 is 0 Å². The van der Waals surface area contributed by atoms with Gasteiger partial charge in [0.05, 0.1) is 8.95 Å². The average molecular weight is 403 g/mol. The molecule has 2 unspecified atom stereocenters. The summed E-state index contributed by atoms with van der Waals surface area (Å²) in [5.74, 6) is 0.885. The number of nitrogens with two attached hydrogens (primary N) is 1. The van der Waals surface area contributed by atoms with Crippen LogP contribution in [0.1, 0.15) is 38.2 Å². The molecule has 1 aliphatic rings. The summed E-state index contributed by atoms with van der Waals surface area (Å²) in [6.07, 6.45) is 9.85. The van der Waals surface area contributed by atoms with Crippen LogP contribution in [0.25, 0.3) is 0 Å². The molecule has 1 aromatic carbocycles. The normalized spacial score (nSPS) is 19.9. The summed E-state index contributed by atoms with van der Waals surface area (Å²) in [6, 6.07) is 4.44. The fourth-order valence-corrected chi connectivity index (χ4v) is 3.79. The number of ether oxygens (including phenoxy) is 1. The van der Waals surface area contributed by atoms with Gasteiger partial charge in [-0.05, 0) is 87.7 Å². The zero-order valence-corrected chi connectivity index (χ0v) is 14.9. The van der Waals surface area contributed by atoms with Crippen molar-refractivity contribution >= 4 is 31.9 Å². The maximum absolute atomic E-state index is 6.09. The van der Waals surface area contributed by atoms with E-state index in [1.54, 1.807) is 0 Å². The van der Waals surface area contributed by atoms with Gasteiger partial charge in [0.15, 0.2) is 0 Å². The fraction of sp³-hybridized carbons (Fsp3) is 0.500. The van der Waals surface area contributed by atoms with E-state index in [0.717, 1.165) is 40.4 Å². The molecule has 0 saturated heterocycles. The summed E-state index contributed by atoms with van der Waals surface area (Å²) in [5.41, 5.74) is 7.25. The molecule has 0 saturated carbocycles. The van der Waals surface area contributed by atoms with Gasteiger partial charge < -0.3 is 10.5 Å². The van der Waals surface area contributed by atoms with E-state index in [1.165, 1.54) is 12.0 Å². The highest BCUT2D eigenvalue weighted by Crippen LogP contribution is 2.36. The molecule has 0 amide bonds. The third kappa shape index (κ3) is 4.34. The van der Waals surface area contributed by atoms with Gasteiger partial charge in [0.2, 0.25) is 0 Å². The van der Waals surface area contributed by atoms with E-state index < -0.39 is 0 Å². The van der Waals surface area contributed by atoms with Gasteiger partial charge in [-0.15, -0.1) is 0 Å². The molecule has 2 rings (SSSR count). The van der Waals surface area contributed by atoms with E-state index in [4.69, 9.17) is 10.5 Å². The number of allylic oxidation sites excluding steroid dienone is 1. The van der Waals surface area contributed by atoms with Crippen molar-refractivity contribution in [3.63, 3.8) is 0 Å². The van der Waals surface area contributed by atoms with E-state index >= 15 is 0 Å². The van der Waals surface area contributed by atoms with Crippen molar-refractivity contribution in [1.29, 1.82) is 0 Å². The molecule has 0 bridgehead atoms. The average Bonchev–Trinajstić information content (AvgIpc) is 2.44. The van der Waals surface area contributed by atoms with Crippen LogP contribution in [-0.2, 0) is 6.42 Å². The van der Waals surface area contributed by atoms with Crippen LogP contribution in [0.15, 0.2) is 33.2 Å². The van der Waals surface area contributed by atoms with Crippen LogP contribution in [0.3, 0.4) is 0 Å². The Hall–Kier alpha value is -0.320. The Kier molecular flexibility index (Phi) is 6.12. The lowest BCUT2D eigenvalue weighted by Gasteiger charge is -2.21. The summed E-state index contributed by atoms with van der Waals surface area (Å²) in [4.78, 5) is 0. The number of hydrogen-bond acceptors (Lipinski definition) is 2. The van der Waals surface area contributed by atoms with Crippen LogP contribution >= 0.6 is 31.9 Å². The Labute approximate surface area is 138 Å². The molecule has 1 aromatic rings. The van der Waals surface area contributed by atoms with E-state index in [-0.39, 0.29) is 12.1 Å². The standard InChI is InChI=1S/C16H21Br2NO/c1-2-12(19)8-11-9-14(17)16(15(18)10-11)20-13-6-4-3-5-7-13/h4,6,9-10,12-13H,2-3,5,7-8,19H2,1H3. The van der Waals surface area contributed by atoms with Crippen molar-refractivity contribution in [3.05, 3.63) is 38.8 Å². The third-order valence-electron chi connectivity index (χ3n) is 3.56. The first-order valence-electron chi connectivity index (χ1n) is 7.17. The predicted octanol–water partition coefficient (Wildman–Crippen LogP) is 4.98. The van der Waals surface area contributed by atoms with Crippen molar-refractivity contribution in [2.24, 2.45) is 5.73 Å². The first kappa shape index (κ1) is 16.1. The maximum atomic E-state index is 6.09. The van der Waals surface area contributed by atoms with Gasteiger partial charge in [0.1, 0.15) is 11.9 Å². The van der Waals surface area contributed by atoms with Crippen molar-refractivity contribution in [2.45, 2.75) is 51.2 Å². The topological polar surface area (TPSA) is 35.2 Å². The van der Waals surface area contributed by atoms with Gasteiger partial charge in [-0.2, -0.15) is 0 Å². The van der Waals surface area contributed by atoms with Crippen LogP contribution in [0.4, 0.5) is 0 Å². The third-order valence-corrected chi connectivity index (χ3v) is 4.74. The van der Waals surface area contributed by atoms with Gasteiger partial charge in [0, 0.05) is 6.04 Å². The van der Waals surface area contributed by atoms with Gasteiger partial charge in [-0.25, -0.2) is 0 Å². The molecule has 0 aromatic heterocycles. The predicted molar refractivity (Wildman–Crippen MR) is 91.2 cm³/mol. The summed E-state index contributed by atoms with van der Waals surface area (Å²) in [5, 5.41) is 0. The molecule has 1 aliphatic carbocycles. The zero-order chi connectivity index (χ0) is 14.5. The van der Waals surface area contributed by atoms with Crippen molar-refractivity contribution in [2.75, 3.05) is 0 Å². The smallest absolute Gasteiger partial charge is 0.148 e. The highest BCUT2D eigenvalue weighted by atomic mass is 79.9.